The molecule has 0 heterocycles. The van der Waals surface area contributed by atoms with Gasteiger partial charge in [-0.1, -0.05) is 117 Å². The van der Waals surface area contributed by atoms with Gasteiger partial charge < -0.3 is 35.1 Å². The van der Waals surface area contributed by atoms with Gasteiger partial charge in [-0.2, -0.15) is 0 Å². The molecule has 0 spiro atoms. The predicted molar refractivity (Wildman–Crippen MR) is 140 cm³/mol. The molecule has 0 unspecified atom stereocenters. The Balaban J connectivity index is -0.000000219. The van der Waals surface area contributed by atoms with Gasteiger partial charge in [0.05, 0.1) is 13.2 Å². The molecule has 0 fully saturated rings. The molecule has 2 radical (unpaired) electrons. The smallest absolute Gasteiger partial charge is 0.550 e. The van der Waals surface area contributed by atoms with Crippen LogP contribution in [0, 0.1) is 0 Å². The van der Waals surface area contributed by atoms with Gasteiger partial charge in [-0.05, 0) is 25.7 Å². The molecule has 0 aliphatic rings. The van der Waals surface area contributed by atoms with E-state index < -0.39 is 18.0 Å². The molecule has 0 aliphatic carbocycles. The van der Waals surface area contributed by atoms with E-state index in [0.717, 1.165) is 25.7 Å². The first-order valence-electron chi connectivity index (χ1n) is 13.6. The molecule has 0 amide bonds. The van der Waals surface area contributed by atoms with Gasteiger partial charge >= 0.3 is 23.9 Å². The minimum Gasteiger partial charge on any atom is -0.550 e. The fourth-order valence-electron chi connectivity index (χ4n) is 3.22. The third kappa shape index (κ3) is 51.2. The second-order valence-electron chi connectivity index (χ2n) is 8.92. The van der Waals surface area contributed by atoms with Gasteiger partial charge in [0.15, 0.2) is 0 Å². The first-order chi connectivity index (χ1) is 16.3. The summed E-state index contributed by atoms with van der Waals surface area (Å²) in [6.07, 6.45) is 21.4. The quantitative estimate of drug-likeness (QED) is 0.126. The molecule has 0 saturated carbocycles. The monoisotopic (exact) mass is 610 g/mol. The van der Waals surface area contributed by atoms with E-state index in [2.05, 4.69) is 13.8 Å². The molecule has 7 nitrogen and oxygen atoms in total. The topological polar surface area (TPSA) is 141 Å². The first kappa shape index (κ1) is 41.7. The zero-order valence-electron chi connectivity index (χ0n) is 22.6. The van der Waals surface area contributed by atoms with Crippen LogP contribution < -0.4 is 10.2 Å². The average Bonchev–Trinajstić information content (AvgIpc) is 2.82. The second kappa shape index (κ2) is 38.2. The van der Waals surface area contributed by atoms with Crippen molar-refractivity contribution in [1.82, 2.24) is 0 Å². The van der Waals surface area contributed by atoms with Crippen molar-refractivity contribution < 1.29 is 35.1 Å². The number of carboxylic acids is 2. The SMILES string of the molecule is CCCCCCCCCCCC(=O)[O-].CCCCCCCCCCCC(=O)[O-].OCC(O)CO.[Sn+2]. The van der Waals surface area contributed by atoms with Gasteiger partial charge in [0.1, 0.15) is 6.10 Å². The van der Waals surface area contributed by atoms with Crippen molar-refractivity contribution in [1.29, 1.82) is 0 Å². The maximum Gasteiger partial charge on any atom is 2.00 e. The maximum atomic E-state index is 10.1. The molecule has 0 aromatic rings. The summed E-state index contributed by atoms with van der Waals surface area (Å²) in [5, 5.41) is 44.2. The minimum atomic E-state index is -0.954. The third-order valence-electron chi connectivity index (χ3n) is 5.39. The van der Waals surface area contributed by atoms with Crippen LogP contribution in [-0.4, -0.2) is 70.5 Å². The first-order valence-corrected chi connectivity index (χ1v) is 13.6. The number of hydrogen-bond acceptors (Lipinski definition) is 7. The van der Waals surface area contributed by atoms with Crippen LogP contribution in [-0.2, 0) is 9.59 Å². The van der Waals surface area contributed by atoms with Gasteiger partial charge in [0.2, 0.25) is 0 Å². The van der Waals surface area contributed by atoms with Crippen LogP contribution in [0.15, 0.2) is 0 Å². The van der Waals surface area contributed by atoms with Crippen molar-refractivity contribution in [3.8, 4) is 0 Å². The van der Waals surface area contributed by atoms with Crippen molar-refractivity contribution in [2.75, 3.05) is 13.2 Å². The van der Waals surface area contributed by atoms with Crippen molar-refractivity contribution in [2.24, 2.45) is 0 Å². The fraction of sp³-hybridized carbons (Fsp3) is 0.926. The number of carbonyl (C=O) groups is 2. The normalized spacial score (nSPS) is 10.0. The Labute approximate surface area is 232 Å². The summed E-state index contributed by atoms with van der Waals surface area (Å²) in [5.74, 6) is -1.82. The summed E-state index contributed by atoms with van der Waals surface area (Å²) in [7, 11) is 0. The number of aliphatic carboxylic acids is 2. The van der Waals surface area contributed by atoms with Gasteiger partial charge in [-0.15, -0.1) is 0 Å². The standard InChI is InChI=1S/2C12H24O2.C3H8O3.Sn/c2*1-2-3-4-5-6-7-8-9-10-11-12(13)14;4-1-3(6)2-5;/h2*2-11H2,1H3,(H,13,14);3-6H,1-2H2;/q;;;+2/p-2. The van der Waals surface area contributed by atoms with Crippen LogP contribution in [0.1, 0.15) is 142 Å². The van der Waals surface area contributed by atoms with Gasteiger partial charge in [-0.3, -0.25) is 0 Å². The molecule has 35 heavy (non-hydrogen) atoms. The molecular formula is C27H54O7Sn. The zero-order valence-corrected chi connectivity index (χ0v) is 25.5. The number of carboxylic acid groups (broad SMARTS) is 2. The Morgan fingerprint density at radius 2 is 0.771 bits per heavy atom. The molecule has 0 atom stereocenters. The minimum absolute atomic E-state index is 0. The molecule has 208 valence electrons. The van der Waals surface area contributed by atoms with Gasteiger partial charge in [0, 0.05) is 11.9 Å². The van der Waals surface area contributed by atoms with Crippen LogP contribution in [0.5, 0.6) is 0 Å². The summed E-state index contributed by atoms with van der Waals surface area (Å²) in [6, 6.07) is 0. The third-order valence-corrected chi connectivity index (χ3v) is 5.39. The van der Waals surface area contributed by atoms with E-state index in [9.17, 15) is 19.8 Å². The van der Waals surface area contributed by atoms with Crippen molar-refractivity contribution in [2.45, 2.75) is 148 Å². The van der Waals surface area contributed by atoms with Crippen LogP contribution >= 0.6 is 0 Å². The molecule has 0 aliphatic heterocycles. The van der Waals surface area contributed by atoms with E-state index in [0.29, 0.717) is 0 Å². The molecular weight excluding hydrogens is 555 g/mol. The predicted octanol–water partition coefficient (Wildman–Crippen LogP) is 3.27. The van der Waals surface area contributed by atoms with Crippen LogP contribution in [0.25, 0.3) is 0 Å². The van der Waals surface area contributed by atoms with Gasteiger partial charge in [-0.25, -0.2) is 0 Å². The summed E-state index contributed by atoms with van der Waals surface area (Å²) in [4.78, 5) is 20.2. The molecule has 0 bridgehead atoms. The van der Waals surface area contributed by atoms with E-state index >= 15 is 0 Å². The summed E-state index contributed by atoms with van der Waals surface area (Å²) >= 11 is 0. The molecule has 0 aromatic heterocycles. The number of hydrogen-bond donors (Lipinski definition) is 3. The number of rotatable bonds is 22. The zero-order chi connectivity index (χ0) is 26.3. The van der Waals surface area contributed by atoms with Gasteiger partial charge in [0.25, 0.3) is 0 Å². The molecule has 8 heteroatoms. The van der Waals surface area contributed by atoms with Crippen LogP contribution in [0.4, 0.5) is 0 Å². The number of unbranched alkanes of at least 4 members (excludes halogenated alkanes) is 16. The Bertz CT molecular complexity index is 373. The Morgan fingerprint density at radius 1 is 0.543 bits per heavy atom. The van der Waals surface area contributed by atoms with E-state index in [1.165, 1.54) is 89.9 Å². The van der Waals surface area contributed by atoms with Crippen LogP contribution in [0.2, 0.25) is 0 Å². The fourth-order valence-corrected chi connectivity index (χ4v) is 3.22. The average molecular weight is 609 g/mol. The number of aliphatic hydroxyl groups excluding tert-OH is 3. The molecule has 0 aromatic carbocycles. The summed E-state index contributed by atoms with van der Waals surface area (Å²) in [6.45, 7) is 3.72. The summed E-state index contributed by atoms with van der Waals surface area (Å²) in [5.41, 5.74) is 0. The molecule has 0 rings (SSSR count). The Hall–Kier alpha value is -0.381. The van der Waals surface area contributed by atoms with Crippen molar-refractivity contribution >= 4 is 35.8 Å². The van der Waals surface area contributed by atoms with Crippen molar-refractivity contribution in [3.05, 3.63) is 0 Å². The van der Waals surface area contributed by atoms with E-state index in [1.54, 1.807) is 0 Å². The van der Waals surface area contributed by atoms with Crippen LogP contribution in [0.3, 0.4) is 0 Å². The van der Waals surface area contributed by atoms with Crippen molar-refractivity contribution in [3.63, 3.8) is 0 Å². The summed E-state index contributed by atoms with van der Waals surface area (Å²) < 4.78 is 0. The Morgan fingerprint density at radius 3 is 0.943 bits per heavy atom. The van der Waals surface area contributed by atoms with E-state index in [-0.39, 0.29) is 50.0 Å². The Kier molecular flexibility index (Phi) is 45.5. The number of carbonyl (C=O) groups excluding carboxylic acids is 2. The second-order valence-corrected chi connectivity index (χ2v) is 8.92. The van der Waals surface area contributed by atoms with E-state index in [1.807, 2.05) is 0 Å². The maximum absolute atomic E-state index is 10.1. The molecule has 0 saturated heterocycles. The largest absolute Gasteiger partial charge is 2.00 e. The van der Waals surface area contributed by atoms with E-state index in [4.69, 9.17) is 15.3 Å². The number of aliphatic hydroxyl groups is 3. The molecule has 3 N–H and O–H groups in total.